The predicted molar refractivity (Wildman–Crippen MR) is 125 cm³/mol. The van der Waals surface area contributed by atoms with Gasteiger partial charge in [0, 0.05) is 5.56 Å². The van der Waals surface area contributed by atoms with Gasteiger partial charge < -0.3 is 14.6 Å². The van der Waals surface area contributed by atoms with E-state index in [0.717, 1.165) is 11.1 Å². The molecule has 7 heteroatoms. The van der Waals surface area contributed by atoms with Crippen LogP contribution in [0.3, 0.4) is 0 Å². The Bertz CT molecular complexity index is 1450. The van der Waals surface area contributed by atoms with Gasteiger partial charge in [0.2, 0.25) is 5.88 Å². The maximum Gasteiger partial charge on any atom is 0.269 e. The van der Waals surface area contributed by atoms with Crippen LogP contribution in [0.1, 0.15) is 22.3 Å². The number of aromatic hydroxyl groups is 1. The average Bonchev–Trinajstić information content (AvgIpc) is 2.87. The summed E-state index contributed by atoms with van der Waals surface area (Å²) in [5.41, 5.74) is 1.04. The van der Waals surface area contributed by atoms with Gasteiger partial charge in [-0.1, -0.05) is 66.7 Å². The number of hydrogen-bond donors (Lipinski definition) is 2. The third-order valence-electron chi connectivity index (χ3n) is 5.13. The molecule has 1 aromatic heterocycles. The van der Waals surface area contributed by atoms with Gasteiger partial charge in [0.1, 0.15) is 36.5 Å². The highest BCUT2D eigenvalue weighted by atomic mass is 16.5. The summed E-state index contributed by atoms with van der Waals surface area (Å²) in [6.07, 6.45) is 0. The molecule has 0 spiro atoms. The van der Waals surface area contributed by atoms with Gasteiger partial charge in [-0.3, -0.25) is 9.78 Å². The van der Waals surface area contributed by atoms with Crippen molar-refractivity contribution in [1.29, 1.82) is 10.5 Å². The minimum absolute atomic E-state index is 0.0328. The minimum Gasteiger partial charge on any atom is -0.494 e. The van der Waals surface area contributed by atoms with Crippen molar-refractivity contribution in [3.05, 3.63) is 111 Å². The van der Waals surface area contributed by atoms with Gasteiger partial charge in [-0.05, 0) is 28.8 Å². The highest BCUT2D eigenvalue weighted by Gasteiger charge is 2.20. The fourth-order valence-corrected chi connectivity index (χ4v) is 3.46. The van der Waals surface area contributed by atoms with Crippen LogP contribution in [0.15, 0.2) is 83.7 Å². The fraction of sp³-hybridized carbons (Fsp3) is 0.0741. The molecule has 0 unspecified atom stereocenters. The van der Waals surface area contributed by atoms with E-state index in [9.17, 15) is 20.4 Å². The van der Waals surface area contributed by atoms with E-state index in [4.69, 9.17) is 9.47 Å². The quantitative estimate of drug-likeness (QED) is 0.424. The average molecular weight is 449 g/mol. The summed E-state index contributed by atoms with van der Waals surface area (Å²) in [4.78, 5) is 14.4. The summed E-state index contributed by atoms with van der Waals surface area (Å²) in [6.45, 7) is 0.559. The van der Waals surface area contributed by atoms with Gasteiger partial charge in [-0.15, -0.1) is 0 Å². The fourth-order valence-electron chi connectivity index (χ4n) is 3.46. The van der Waals surface area contributed by atoms with Crippen LogP contribution >= 0.6 is 0 Å². The van der Waals surface area contributed by atoms with Crippen molar-refractivity contribution in [3.63, 3.8) is 0 Å². The van der Waals surface area contributed by atoms with Gasteiger partial charge in [0.05, 0.1) is 0 Å². The molecule has 166 valence electrons. The number of nitriles is 2. The van der Waals surface area contributed by atoms with Crippen LogP contribution in [0, 0.1) is 22.7 Å². The lowest BCUT2D eigenvalue weighted by Crippen LogP contribution is -2.13. The van der Waals surface area contributed by atoms with Gasteiger partial charge in [0.25, 0.3) is 5.56 Å². The lowest BCUT2D eigenvalue weighted by Gasteiger charge is -2.16. The number of H-pyrrole nitrogens is 1. The van der Waals surface area contributed by atoms with Gasteiger partial charge in [-0.25, -0.2) is 0 Å². The normalized spacial score (nSPS) is 10.2. The molecule has 0 aliphatic carbocycles. The van der Waals surface area contributed by atoms with E-state index in [1.807, 2.05) is 72.8 Å². The topological polar surface area (TPSA) is 119 Å². The summed E-state index contributed by atoms with van der Waals surface area (Å²) in [5.74, 6) is 0.220. The second-order valence-corrected chi connectivity index (χ2v) is 7.36. The number of aromatic amines is 1. The molecule has 0 radical (unpaired) electrons. The predicted octanol–water partition coefficient (Wildman–Crippen LogP) is 4.65. The van der Waals surface area contributed by atoms with Crippen LogP contribution in [0.4, 0.5) is 0 Å². The first kappa shape index (κ1) is 22.2. The Morgan fingerprint density at radius 1 is 0.765 bits per heavy atom. The number of nitrogens with one attached hydrogen (secondary N) is 1. The summed E-state index contributed by atoms with van der Waals surface area (Å²) in [6, 6.07) is 27.7. The van der Waals surface area contributed by atoms with Crippen LogP contribution in [-0.4, -0.2) is 10.1 Å². The first-order valence-corrected chi connectivity index (χ1v) is 10.4. The molecule has 3 aromatic carbocycles. The molecule has 0 amide bonds. The van der Waals surface area contributed by atoms with Crippen molar-refractivity contribution in [3.8, 4) is 40.6 Å². The number of ether oxygens (including phenoxy) is 2. The summed E-state index contributed by atoms with van der Waals surface area (Å²) >= 11 is 0. The lowest BCUT2D eigenvalue weighted by atomic mass is 9.96. The van der Waals surface area contributed by atoms with E-state index in [1.165, 1.54) is 0 Å². The van der Waals surface area contributed by atoms with E-state index in [0.29, 0.717) is 23.7 Å². The maximum atomic E-state index is 12.3. The van der Waals surface area contributed by atoms with E-state index in [-0.39, 0.29) is 23.3 Å². The zero-order valence-corrected chi connectivity index (χ0v) is 18.0. The third kappa shape index (κ3) is 4.74. The SMILES string of the molecule is N#Cc1c(O)[nH]c(=O)c(C#N)c1-c1ccc(OCc2ccccc2)c(OCc2ccccc2)c1. The largest absolute Gasteiger partial charge is 0.494 e. The summed E-state index contributed by atoms with van der Waals surface area (Å²) in [7, 11) is 0. The van der Waals surface area contributed by atoms with Crippen LogP contribution < -0.4 is 15.0 Å². The van der Waals surface area contributed by atoms with Crippen molar-refractivity contribution < 1.29 is 14.6 Å². The minimum atomic E-state index is -0.787. The van der Waals surface area contributed by atoms with Crippen molar-refractivity contribution >= 4 is 0 Å². The van der Waals surface area contributed by atoms with Crippen LogP contribution in [-0.2, 0) is 13.2 Å². The smallest absolute Gasteiger partial charge is 0.269 e. The molecule has 34 heavy (non-hydrogen) atoms. The Labute approximate surface area is 195 Å². The molecule has 0 fully saturated rings. The third-order valence-corrected chi connectivity index (χ3v) is 5.13. The Balaban J connectivity index is 1.76. The molecule has 0 aliphatic heterocycles. The number of nitrogens with zero attached hydrogens (tertiary/aromatic N) is 2. The molecule has 1 heterocycles. The molecule has 0 aliphatic rings. The molecule has 2 N–H and O–H groups in total. The Morgan fingerprint density at radius 2 is 1.32 bits per heavy atom. The number of benzene rings is 3. The molecule has 4 aromatic rings. The molecular formula is C27H19N3O4. The first-order chi connectivity index (χ1) is 16.6. The monoisotopic (exact) mass is 449 g/mol. The Hall–Kier alpha value is -5.01. The summed E-state index contributed by atoms with van der Waals surface area (Å²) in [5, 5.41) is 29.2. The van der Waals surface area contributed by atoms with E-state index < -0.39 is 11.4 Å². The summed E-state index contributed by atoms with van der Waals surface area (Å²) < 4.78 is 12.0. The van der Waals surface area contributed by atoms with E-state index >= 15 is 0 Å². The highest BCUT2D eigenvalue weighted by Crippen LogP contribution is 2.37. The van der Waals surface area contributed by atoms with Crippen LogP contribution in [0.25, 0.3) is 11.1 Å². The zero-order valence-electron chi connectivity index (χ0n) is 18.0. The number of aromatic nitrogens is 1. The highest BCUT2D eigenvalue weighted by molar-refractivity contribution is 5.79. The number of pyridine rings is 1. The van der Waals surface area contributed by atoms with Crippen molar-refractivity contribution in [2.75, 3.05) is 0 Å². The van der Waals surface area contributed by atoms with Gasteiger partial charge in [0.15, 0.2) is 11.5 Å². The standard InChI is InChI=1S/C27H19N3O4/c28-14-21-25(22(15-29)27(32)30-26(21)31)20-11-12-23(33-16-18-7-3-1-4-8-18)24(13-20)34-17-19-9-5-2-6-10-19/h1-13H,16-17H2,(H2,30,31,32). The van der Waals surface area contributed by atoms with Crippen molar-refractivity contribution in [2.45, 2.75) is 13.2 Å². The molecule has 0 saturated heterocycles. The first-order valence-electron chi connectivity index (χ1n) is 10.4. The molecule has 4 rings (SSSR count). The van der Waals surface area contributed by atoms with Crippen molar-refractivity contribution in [1.82, 2.24) is 4.98 Å². The van der Waals surface area contributed by atoms with Gasteiger partial charge >= 0.3 is 0 Å². The Morgan fingerprint density at radius 3 is 1.88 bits per heavy atom. The maximum absolute atomic E-state index is 12.3. The molecular weight excluding hydrogens is 430 g/mol. The van der Waals surface area contributed by atoms with E-state index in [2.05, 4.69) is 4.98 Å². The van der Waals surface area contributed by atoms with E-state index in [1.54, 1.807) is 18.2 Å². The Kier molecular flexibility index (Phi) is 6.58. The zero-order chi connectivity index (χ0) is 23.9. The lowest BCUT2D eigenvalue weighted by molar-refractivity contribution is 0.256. The molecule has 0 bridgehead atoms. The number of hydrogen-bond acceptors (Lipinski definition) is 6. The molecule has 0 saturated carbocycles. The van der Waals surface area contributed by atoms with Crippen LogP contribution in [0.2, 0.25) is 0 Å². The second kappa shape index (κ2) is 10.1. The van der Waals surface area contributed by atoms with Crippen molar-refractivity contribution in [2.24, 2.45) is 0 Å². The van der Waals surface area contributed by atoms with Gasteiger partial charge in [-0.2, -0.15) is 10.5 Å². The van der Waals surface area contributed by atoms with Crippen LogP contribution in [0.5, 0.6) is 17.4 Å². The molecule has 7 nitrogen and oxygen atoms in total. The number of rotatable bonds is 7. The molecule has 0 atom stereocenters. The second-order valence-electron chi connectivity index (χ2n) is 7.36.